The second-order valence-corrected chi connectivity index (χ2v) is 9.08. The molecule has 2 aromatic rings. The zero-order chi connectivity index (χ0) is 19.1. The Kier molecular flexibility index (Phi) is 4.47. The normalized spacial score (nSPS) is 31.5. The van der Waals surface area contributed by atoms with Gasteiger partial charge in [0.1, 0.15) is 0 Å². The highest BCUT2D eigenvalue weighted by molar-refractivity contribution is 5.94. The summed E-state index contributed by atoms with van der Waals surface area (Å²) in [5.41, 5.74) is 3.18. The molecule has 2 aliphatic heterocycles. The Morgan fingerprint density at radius 1 is 1.21 bits per heavy atom. The minimum Gasteiger partial charge on any atom is -0.333 e. The van der Waals surface area contributed by atoms with Crippen molar-refractivity contribution in [2.45, 2.75) is 63.6 Å². The van der Waals surface area contributed by atoms with Gasteiger partial charge in [0.25, 0.3) is 5.91 Å². The molecule has 0 radical (unpaired) electrons. The highest BCUT2D eigenvalue weighted by Gasteiger charge is 2.55. The molecule has 0 unspecified atom stereocenters. The average Bonchev–Trinajstić information content (AvgIpc) is 2.87. The highest BCUT2D eigenvalue weighted by atomic mass is 16.2. The third kappa shape index (κ3) is 3.04. The summed E-state index contributed by atoms with van der Waals surface area (Å²) in [6.07, 6.45) is 8.64. The van der Waals surface area contributed by atoms with Gasteiger partial charge in [-0.15, -0.1) is 0 Å². The molecule has 1 aromatic carbocycles. The van der Waals surface area contributed by atoms with Crippen molar-refractivity contribution >= 4 is 5.91 Å². The maximum Gasteiger partial charge on any atom is 0.254 e. The number of benzene rings is 1. The van der Waals surface area contributed by atoms with E-state index in [1.165, 1.54) is 31.2 Å². The maximum absolute atomic E-state index is 13.5. The zero-order valence-electron chi connectivity index (χ0n) is 16.6. The fourth-order valence-electron chi connectivity index (χ4n) is 5.90. The maximum atomic E-state index is 13.5. The molecule has 28 heavy (non-hydrogen) atoms. The average molecular weight is 376 g/mol. The first kappa shape index (κ1) is 17.9. The molecule has 1 aliphatic carbocycles. The van der Waals surface area contributed by atoms with Gasteiger partial charge in [-0.3, -0.25) is 9.78 Å². The highest BCUT2D eigenvalue weighted by Crippen LogP contribution is 2.49. The van der Waals surface area contributed by atoms with Crippen molar-refractivity contribution in [2.24, 2.45) is 5.41 Å². The van der Waals surface area contributed by atoms with Crippen LogP contribution in [0.25, 0.3) is 0 Å². The molecule has 4 nitrogen and oxygen atoms in total. The lowest BCUT2D eigenvalue weighted by molar-refractivity contribution is 0.0284. The van der Waals surface area contributed by atoms with Crippen molar-refractivity contribution in [1.82, 2.24) is 15.2 Å². The van der Waals surface area contributed by atoms with Gasteiger partial charge < -0.3 is 10.2 Å². The summed E-state index contributed by atoms with van der Waals surface area (Å²) >= 11 is 0. The van der Waals surface area contributed by atoms with E-state index in [-0.39, 0.29) is 11.3 Å². The van der Waals surface area contributed by atoms with Gasteiger partial charge in [0, 0.05) is 54.0 Å². The number of hydrogen-bond acceptors (Lipinski definition) is 3. The van der Waals surface area contributed by atoms with Crippen molar-refractivity contribution in [1.29, 1.82) is 0 Å². The smallest absolute Gasteiger partial charge is 0.254 e. The van der Waals surface area contributed by atoms with Crippen LogP contribution in [0.15, 0.2) is 48.7 Å². The number of aromatic nitrogens is 1. The molecule has 3 aliphatic rings. The summed E-state index contributed by atoms with van der Waals surface area (Å²) < 4.78 is 0. The van der Waals surface area contributed by atoms with Gasteiger partial charge in [-0.1, -0.05) is 50.1 Å². The van der Waals surface area contributed by atoms with Gasteiger partial charge in [-0.2, -0.15) is 0 Å². The number of piperidine rings is 1. The predicted octanol–water partition coefficient (Wildman–Crippen LogP) is 3.81. The summed E-state index contributed by atoms with van der Waals surface area (Å²) in [4.78, 5) is 20.2. The third-order valence-corrected chi connectivity index (χ3v) is 7.25. The topological polar surface area (TPSA) is 45.2 Å². The molecule has 5 rings (SSSR count). The number of amides is 1. The van der Waals surface area contributed by atoms with Crippen LogP contribution in [-0.2, 0) is 6.42 Å². The molecule has 4 atom stereocenters. The number of likely N-dealkylation sites (tertiary alicyclic amines) is 1. The number of hydrogen-bond donors (Lipinski definition) is 1. The second kappa shape index (κ2) is 7.00. The first-order valence-electron chi connectivity index (χ1n) is 10.7. The predicted molar refractivity (Wildman–Crippen MR) is 110 cm³/mol. The van der Waals surface area contributed by atoms with E-state index in [0.717, 1.165) is 30.6 Å². The van der Waals surface area contributed by atoms with Crippen LogP contribution in [0.4, 0.5) is 0 Å². The molecule has 2 saturated heterocycles. The van der Waals surface area contributed by atoms with E-state index in [1.54, 1.807) is 6.20 Å². The Hall–Kier alpha value is -2.20. The number of nitrogens with zero attached hydrogens (tertiary/aromatic N) is 2. The van der Waals surface area contributed by atoms with Crippen molar-refractivity contribution in [3.05, 3.63) is 65.5 Å². The van der Waals surface area contributed by atoms with Gasteiger partial charge in [0.05, 0.1) is 0 Å². The van der Waals surface area contributed by atoms with Gasteiger partial charge in [0.15, 0.2) is 0 Å². The fraction of sp³-hybridized carbons (Fsp3) is 0.500. The van der Waals surface area contributed by atoms with Crippen LogP contribution in [0.5, 0.6) is 0 Å². The Bertz CT molecular complexity index is 867. The number of pyridine rings is 1. The van der Waals surface area contributed by atoms with E-state index in [0.29, 0.717) is 18.1 Å². The van der Waals surface area contributed by atoms with E-state index in [4.69, 9.17) is 0 Å². The SMILES string of the molecule is C[C@@]12C[C@H]3CN(C(=O)c4ccnc(Cc5ccccc5)c4)[C@@H]1CCCC[C@@H]2N3. The van der Waals surface area contributed by atoms with E-state index in [2.05, 4.69) is 34.3 Å². The van der Waals surface area contributed by atoms with E-state index in [1.807, 2.05) is 30.3 Å². The number of carbonyl (C=O) groups is 1. The zero-order valence-corrected chi connectivity index (χ0v) is 16.6. The van der Waals surface area contributed by atoms with Gasteiger partial charge >= 0.3 is 0 Å². The number of carbonyl (C=O) groups excluding carboxylic acids is 1. The van der Waals surface area contributed by atoms with Crippen LogP contribution < -0.4 is 5.32 Å². The van der Waals surface area contributed by atoms with Crippen molar-refractivity contribution in [3.63, 3.8) is 0 Å². The standard InChI is InChI=1S/C24H29N3O/c1-24-15-20-16-27(22(24)10-6-5-9-21(24)26-20)23(28)18-11-12-25-19(14-18)13-17-7-3-2-4-8-17/h2-4,7-8,11-12,14,20-22,26H,5-6,9-10,13,15-16H2,1H3/t20-,21-,22+,24-/m0/s1. The van der Waals surface area contributed by atoms with E-state index < -0.39 is 0 Å². The van der Waals surface area contributed by atoms with Gasteiger partial charge in [-0.05, 0) is 37.0 Å². The lowest BCUT2D eigenvalue weighted by atomic mass is 9.71. The van der Waals surface area contributed by atoms with E-state index >= 15 is 0 Å². The quantitative estimate of drug-likeness (QED) is 0.887. The monoisotopic (exact) mass is 375 g/mol. The van der Waals surface area contributed by atoms with Gasteiger partial charge in [-0.25, -0.2) is 0 Å². The van der Waals surface area contributed by atoms with Crippen molar-refractivity contribution in [2.75, 3.05) is 6.54 Å². The van der Waals surface area contributed by atoms with Crippen LogP contribution in [0.1, 0.15) is 60.6 Å². The van der Waals surface area contributed by atoms with Crippen LogP contribution in [0.2, 0.25) is 0 Å². The summed E-state index contributed by atoms with van der Waals surface area (Å²) in [6.45, 7) is 3.25. The molecular formula is C24H29N3O. The molecule has 2 bridgehead atoms. The minimum absolute atomic E-state index is 0.182. The van der Waals surface area contributed by atoms with Gasteiger partial charge in [0.2, 0.25) is 0 Å². The number of nitrogens with one attached hydrogen (secondary N) is 1. The Labute approximate surface area is 167 Å². The lowest BCUT2D eigenvalue weighted by Crippen LogP contribution is -2.55. The van der Waals surface area contributed by atoms with Crippen molar-refractivity contribution < 1.29 is 4.79 Å². The molecule has 3 fully saturated rings. The summed E-state index contributed by atoms with van der Waals surface area (Å²) in [7, 11) is 0. The summed E-state index contributed by atoms with van der Waals surface area (Å²) in [5.74, 6) is 0.182. The molecule has 3 heterocycles. The lowest BCUT2D eigenvalue weighted by Gasteiger charge is -2.46. The Morgan fingerprint density at radius 3 is 2.89 bits per heavy atom. The summed E-state index contributed by atoms with van der Waals surface area (Å²) in [6, 6.07) is 15.6. The first-order valence-corrected chi connectivity index (χ1v) is 10.7. The first-order chi connectivity index (χ1) is 13.6. The largest absolute Gasteiger partial charge is 0.333 e. The van der Waals surface area contributed by atoms with Crippen molar-refractivity contribution in [3.8, 4) is 0 Å². The second-order valence-electron chi connectivity index (χ2n) is 9.08. The van der Waals surface area contributed by atoms with E-state index in [9.17, 15) is 4.79 Å². The number of fused-ring (bicyclic) bond motifs is 1. The molecule has 0 spiro atoms. The fourth-order valence-corrected chi connectivity index (χ4v) is 5.90. The summed E-state index contributed by atoms with van der Waals surface area (Å²) in [5, 5.41) is 3.84. The molecule has 4 heteroatoms. The molecule has 1 N–H and O–H groups in total. The minimum atomic E-state index is 0.182. The Morgan fingerprint density at radius 2 is 2.04 bits per heavy atom. The number of rotatable bonds is 3. The Balaban J connectivity index is 1.41. The van der Waals surface area contributed by atoms with Crippen LogP contribution in [0.3, 0.4) is 0 Å². The molecule has 146 valence electrons. The molecule has 1 aromatic heterocycles. The third-order valence-electron chi connectivity index (χ3n) is 7.25. The van der Waals surface area contributed by atoms with Crippen LogP contribution in [-0.4, -0.2) is 40.5 Å². The molecule has 1 saturated carbocycles. The van der Waals surface area contributed by atoms with Crippen LogP contribution in [0, 0.1) is 5.41 Å². The molecule has 1 amide bonds. The van der Waals surface area contributed by atoms with Crippen LogP contribution >= 0.6 is 0 Å². The molecular weight excluding hydrogens is 346 g/mol.